The van der Waals surface area contributed by atoms with E-state index in [0.717, 1.165) is 0 Å². The lowest BCUT2D eigenvalue weighted by Gasteiger charge is -1.85. The largest absolute Gasteiger partial charge is 0.233 e. The molecule has 0 aromatic carbocycles. The lowest BCUT2D eigenvalue weighted by molar-refractivity contribution is 0.133. The van der Waals surface area contributed by atoms with Crippen LogP contribution in [0.25, 0.3) is 0 Å². The van der Waals surface area contributed by atoms with E-state index in [9.17, 15) is 5.11 Å². The van der Waals surface area contributed by atoms with Gasteiger partial charge in [0.05, 0.1) is 6.10 Å². The third kappa shape index (κ3) is 3.96. The fourth-order valence-electron chi connectivity index (χ4n) is 0. The van der Waals surface area contributed by atoms with Gasteiger partial charge in [0.25, 0.3) is 0 Å². The van der Waals surface area contributed by atoms with Gasteiger partial charge in [-0.05, 0) is 13.3 Å². The molecule has 0 aliphatic carbocycles. The second-order valence-electron chi connectivity index (χ2n) is 1.04. The van der Waals surface area contributed by atoms with E-state index in [2.05, 4.69) is 0 Å². The Kier molecular flexibility index (Phi) is 2.19. The second kappa shape index (κ2) is 2.21. The molecule has 0 fully saturated rings. The second-order valence-corrected chi connectivity index (χ2v) is 1.04. The van der Waals surface area contributed by atoms with E-state index in [4.69, 9.17) is 0 Å². The van der Waals surface area contributed by atoms with Gasteiger partial charge >= 0.3 is 0 Å². The Bertz CT molecular complexity index is 17.6. The van der Waals surface area contributed by atoms with E-state index < -0.39 is 6.10 Å². The first kappa shape index (κ1) is 4.96. The van der Waals surface area contributed by atoms with Crippen molar-refractivity contribution in [3.63, 3.8) is 0 Å². The Balaban J connectivity index is 2.54. The molecule has 0 spiro atoms. The first-order valence-corrected chi connectivity index (χ1v) is 1.72. The summed E-state index contributed by atoms with van der Waals surface area (Å²) in [7, 11) is 0. The van der Waals surface area contributed by atoms with Crippen molar-refractivity contribution in [3.8, 4) is 0 Å². The fourth-order valence-corrected chi connectivity index (χ4v) is 0. The van der Waals surface area contributed by atoms with Crippen molar-refractivity contribution in [1.82, 2.24) is 0 Å². The highest BCUT2D eigenvalue weighted by molar-refractivity contribution is 4.60. The molecule has 0 saturated heterocycles. The van der Waals surface area contributed by atoms with E-state index in [1.807, 2.05) is 0 Å². The van der Waals surface area contributed by atoms with Crippen LogP contribution in [0.3, 0.4) is 0 Å². The molecular weight excluding hydrogens is 64.0 g/mol. The summed E-state index contributed by atoms with van der Waals surface area (Å²) in [5.74, 6) is 0. The quantitative estimate of drug-likeness (QED) is 0.441. The summed E-state index contributed by atoms with van der Waals surface area (Å²) in [6.45, 7) is 3.37. The molecule has 0 aromatic rings. The molecule has 0 amide bonds. The molecule has 1 nitrogen and oxygen atoms in total. The van der Waals surface area contributed by atoms with Gasteiger partial charge in [-0.25, -0.2) is 5.11 Å². The monoisotopic (exact) mass is 72.1 g/mol. The first-order valence-electron chi connectivity index (χ1n) is 1.72. The molecule has 0 heterocycles. The Morgan fingerprint density at radius 3 is 2.00 bits per heavy atom. The van der Waals surface area contributed by atoms with Gasteiger partial charge in [0, 0.05) is 0 Å². The van der Waals surface area contributed by atoms with Crippen LogP contribution in [0.2, 0.25) is 0 Å². The van der Waals surface area contributed by atoms with Crippen molar-refractivity contribution < 1.29 is 5.11 Å². The standard InChI is InChI=1S/C4H8O/c1-3-4(2)5/h3-4H,1-2H3. The van der Waals surface area contributed by atoms with Crippen molar-refractivity contribution >= 4 is 0 Å². The van der Waals surface area contributed by atoms with Crippen molar-refractivity contribution in [2.24, 2.45) is 0 Å². The summed E-state index contributed by atoms with van der Waals surface area (Å²) >= 11 is 0. The maximum Gasteiger partial charge on any atom is 0.0931 e. The van der Waals surface area contributed by atoms with Crippen LogP contribution < -0.4 is 0 Å². The Labute approximate surface area is 32.6 Å². The molecule has 2 radical (unpaired) electrons. The summed E-state index contributed by atoms with van der Waals surface area (Å²) in [6, 6.07) is 0. The minimum Gasteiger partial charge on any atom is -0.233 e. The molecule has 0 aliphatic rings. The van der Waals surface area contributed by atoms with Gasteiger partial charge in [-0.3, -0.25) is 0 Å². The van der Waals surface area contributed by atoms with Crippen LogP contribution in [0.4, 0.5) is 0 Å². The molecule has 5 heavy (non-hydrogen) atoms. The molecule has 0 rings (SSSR count). The highest BCUT2D eigenvalue weighted by Gasteiger charge is 1.85. The van der Waals surface area contributed by atoms with Crippen LogP contribution in [0.5, 0.6) is 0 Å². The lowest BCUT2D eigenvalue weighted by atomic mass is 10.3. The molecule has 1 atom stereocenters. The van der Waals surface area contributed by atoms with E-state index in [0.29, 0.717) is 0 Å². The number of hydrogen-bond acceptors (Lipinski definition) is 0. The van der Waals surface area contributed by atoms with Crippen molar-refractivity contribution in [3.05, 3.63) is 6.42 Å². The molecule has 0 aromatic heterocycles. The normalized spacial score (nSPS) is 15.0. The fraction of sp³-hybridized carbons (Fsp3) is 0.750. The van der Waals surface area contributed by atoms with Gasteiger partial charge in [0.15, 0.2) is 0 Å². The van der Waals surface area contributed by atoms with Crippen LogP contribution in [-0.4, -0.2) is 6.10 Å². The lowest BCUT2D eigenvalue weighted by Crippen LogP contribution is -1.91. The van der Waals surface area contributed by atoms with Crippen LogP contribution in [0, 0.1) is 6.42 Å². The number of rotatable bonds is 1. The van der Waals surface area contributed by atoms with Gasteiger partial charge < -0.3 is 0 Å². The van der Waals surface area contributed by atoms with Gasteiger partial charge in [-0.15, -0.1) is 0 Å². The smallest absolute Gasteiger partial charge is 0.0931 e. The van der Waals surface area contributed by atoms with Crippen LogP contribution >= 0.6 is 0 Å². The average Bonchev–Trinajstić information content (AvgIpc) is 1.38. The molecule has 1 heteroatoms. The Morgan fingerprint density at radius 1 is 1.80 bits per heavy atom. The average molecular weight is 72.1 g/mol. The zero-order valence-electron chi connectivity index (χ0n) is 3.56. The van der Waals surface area contributed by atoms with E-state index in [1.165, 1.54) is 0 Å². The third-order valence-corrected chi connectivity index (χ3v) is 0.469. The molecule has 0 aliphatic heterocycles. The van der Waals surface area contributed by atoms with E-state index in [-0.39, 0.29) is 0 Å². The molecule has 30 valence electrons. The summed E-state index contributed by atoms with van der Waals surface area (Å²) in [6.07, 6.45) is 1.12. The van der Waals surface area contributed by atoms with Crippen LogP contribution in [-0.2, 0) is 5.11 Å². The first-order chi connectivity index (χ1) is 2.27. The molecule has 1 unspecified atom stereocenters. The predicted molar refractivity (Wildman–Crippen MR) is 20.1 cm³/mol. The molecule has 0 bridgehead atoms. The maximum absolute atomic E-state index is 9.84. The SMILES string of the molecule is C[CH]C(C)[O]. The molecule has 0 saturated carbocycles. The minimum absolute atomic E-state index is 0.491. The zero-order chi connectivity index (χ0) is 4.28. The Morgan fingerprint density at radius 2 is 2.00 bits per heavy atom. The van der Waals surface area contributed by atoms with Gasteiger partial charge in [0.2, 0.25) is 0 Å². The van der Waals surface area contributed by atoms with Gasteiger partial charge in [0.1, 0.15) is 0 Å². The highest BCUT2D eigenvalue weighted by atomic mass is 16.3. The van der Waals surface area contributed by atoms with Crippen LogP contribution in [0.1, 0.15) is 13.8 Å². The molecule has 0 N–H and O–H groups in total. The predicted octanol–water partition coefficient (Wildman–Crippen LogP) is 1.03. The number of hydrogen-bond donors (Lipinski definition) is 0. The molecular formula is C4H8O. The van der Waals surface area contributed by atoms with Crippen molar-refractivity contribution in [1.29, 1.82) is 0 Å². The van der Waals surface area contributed by atoms with Crippen LogP contribution in [0.15, 0.2) is 0 Å². The Hall–Kier alpha value is -0.0400. The zero-order valence-corrected chi connectivity index (χ0v) is 3.56. The van der Waals surface area contributed by atoms with Gasteiger partial charge in [-0.2, -0.15) is 0 Å². The summed E-state index contributed by atoms with van der Waals surface area (Å²) < 4.78 is 0. The summed E-state index contributed by atoms with van der Waals surface area (Å²) in [5, 5.41) is 9.84. The van der Waals surface area contributed by atoms with Crippen molar-refractivity contribution in [2.45, 2.75) is 20.0 Å². The maximum atomic E-state index is 9.84. The van der Waals surface area contributed by atoms with Crippen molar-refractivity contribution in [2.75, 3.05) is 0 Å². The van der Waals surface area contributed by atoms with E-state index in [1.54, 1.807) is 20.3 Å². The van der Waals surface area contributed by atoms with E-state index >= 15 is 0 Å². The summed E-state index contributed by atoms with van der Waals surface area (Å²) in [4.78, 5) is 0. The minimum atomic E-state index is -0.491. The highest BCUT2D eigenvalue weighted by Crippen LogP contribution is 1.81. The third-order valence-electron chi connectivity index (χ3n) is 0.469. The summed E-state index contributed by atoms with van der Waals surface area (Å²) in [5.41, 5.74) is 0. The van der Waals surface area contributed by atoms with Gasteiger partial charge in [-0.1, -0.05) is 6.92 Å². The topological polar surface area (TPSA) is 19.9 Å².